The zero-order valence-corrected chi connectivity index (χ0v) is 21.5. The van der Waals surface area contributed by atoms with Crippen LogP contribution in [0.4, 0.5) is 17.1 Å². The first-order valence-corrected chi connectivity index (χ1v) is 12.8. The summed E-state index contributed by atoms with van der Waals surface area (Å²) in [7, 11) is 1.71. The Morgan fingerprint density at radius 2 is 1.05 bits per heavy atom. The molecule has 0 saturated carbocycles. The number of hydrogen-bond donors (Lipinski definition) is 0. The third-order valence-corrected chi connectivity index (χ3v) is 6.33. The molecule has 5 aromatic rings. The highest BCUT2D eigenvalue weighted by atomic mass is 16.5. The lowest BCUT2D eigenvalue weighted by Gasteiger charge is -2.26. The maximum Gasteiger partial charge on any atom is 0.129 e. The van der Waals surface area contributed by atoms with Crippen molar-refractivity contribution in [1.29, 1.82) is 0 Å². The Morgan fingerprint density at radius 1 is 0.579 bits per heavy atom. The first kappa shape index (κ1) is 24.8. The number of hydrazone groups is 1. The third kappa shape index (κ3) is 6.29. The van der Waals surface area contributed by atoms with Gasteiger partial charge in [-0.3, -0.25) is 0 Å². The Labute approximate surface area is 225 Å². The van der Waals surface area contributed by atoms with Crippen molar-refractivity contribution in [2.45, 2.75) is 13.1 Å². The average molecular weight is 498 g/mol. The van der Waals surface area contributed by atoms with Gasteiger partial charge < -0.3 is 9.64 Å². The van der Waals surface area contributed by atoms with Crippen LogP contribution in [0.25, 0.3) is 0 Å². The zero-order valence-electron chi connectivity index (χ0n) is 21.5. The average Bonchev–Trinajstić information content (AvgIpc) is 2.99. The molecule has 0 radical (unpaired) electrons. The predicted molar refractivity (Wildman–Crippen MR) is 158 cm³/mol. The molecule has 0 atom stereocenters. The van der Waals surface area contributed by atoms with Crippen molar-refractivity contribution in [2.24, 2.45) is 5.10 Å². The molecule has 5 aromatic carbocycles. The second kappa shape index (κ2) is 12.4. The summed E-state index contributed by atoms with van der Waals surface area (Å²) >= 11 is 0. The van der Waals surface area contributed by atoms with E-state index in [1.165, 1.54) is 11.1 Å². The van der Waals surface area contributed by atoms with Crippen molar-refractivity contribution in [3.8, 4) is 5.75 Å². The van der Waals surface area contributed by atoms with E-state index in [4.69, 9.17) is 9.84 Å². The summed E-state index contributed by atoms with van der Waals surface area (Å²) in [6.45, 7) is 1.59. The lowest BCUT2D eigenvalue weighted by Crippen LogP contribution is -2.22. The standard InChI is InChI=1S/C34H31N3O/c1-38-34-24-33(36(26-28-14-6-2-7-15-28)27-29-16-8-3-9-17-29)23-22-30(34)25-35-37(31-18-10-4-11-19-31)32-20-12-5-13-21-32/h2-25H,26-27H2,1H3. The van der Waals surface area contributed by atoms with Crippen LogP contribution in [0, 0.1) is 0 Å². The molecule has 0 aliphatic carbocycles. The van der Waals surface area contributed by atoms with Crippen LogP contribution in [0.3, 0.4) is 0 Å². The SMILES string of the molecule is COc1cc(N(Cc2ccccc2)Cc2ccccc2)ccc1C=NN(c1ccccc1)c1ccccc1. The van der Waals surface area contributed by atoms with Gasteiger partial charge in [0.25, 0.3) is 0 Å². The largest absolute Gasteiger partial charge is 0.496 e. The molecule has 0 bridgehead atoms. The Bertz CT molecular complexity index is 1360. The van der Waals surface area contributed by atoms with Crippen molar-refractivity contribution in [3.63, 3.8) is 0 Å². The fourth-order valence-electron chi connectivity index (χ4n) is 4.39. The fraction of sp³-hybridized carbons (Fsp3) is 0.0882. The number of methoxy groups -OCH3 is 1. The molecule has 0 heterocycles. The van der Waals surface area contributed by atoms with E-state index in [-0.39, 0.29) is 0 Å². The van der Waals surface area contributed by atoms with Crippen molar-refractivity contribution < 1.29 is 4.74 Å². The Morgan fingerprint density at radius 3 is 1.53 bits per heavy atom. The molecular formula is C34H31N3O. The zero-order chi connectivity index (χ0) is 26.0. The molecule has 0 aliphatic rings. The van der Waals surface area contributed by atoms with Gasteiger partial charge in [-0.2, -0.15) is 5.10 Å². The highest BCUT2D eigenvalue weighted by Gasteiger charge is 2.13. The first-order chi connectivity index (χ1) is 18.8. The lowest BCUT2D eigenvalue weighted by molar-refractivity contribution is 0.414. The minimum absolute atomic E-state index is 0.776. The number of ether oxygens (including phenoxy) is 1. The van der Waals surface area contributed by atoms with E-state index in [0.717, 1.165) is 41.5 Å². The van der Waals surface area contributed by atoms with Crippen molar-refractivity contribution in [3.05, 3.63) is 156 Å². The number of benzene rings is 5. The number of rotatable bonds is 10. The van der Waals surface area contributed by atoms with E-state index < -0.39 is 0 Å². The number of para-hydroxylation sites is 2. The molecule has 0 aliphatic heterocycles. The lowest BCUT2D eigenvalue weighted by atomic mass is 10.1. The summed E-state index contributed by atoms with van der Waals surface area (Å²) in [5, 5.41) is 6.80. The second-order valence-electron chi connectivity index (χ2n) is 8.98. The van der Waals surface area contributed by atoms with Crippen LogP contribution in [-0.4, -0.2) is 13.3 Å². The third-order valence-electron chi connectivity index (χ3n) is 6.33. The summed E-state index contributed by atoms with van der Waals surface area (Å²) in [6.07, 6.45) is 1.86. The number of hydrogen-bond acceptors (Lipinski definition) is 4. The fourth-order valence-corrected chi connectivity index (χ4v) is 4.39. The molecule has 0 fully saturated rings. The smallest absolute Gasteiger partial charge is 0.129 e. The van der Waals surface area contributed by atoms with Crippen molar-refractivity contribution >= 4 is 23.3 Å². The molecular weight excluding hydrogens is 466 g/mol. The van der Waals surface area contributed by atoms with Crippen LogP contribution < -0.4 is 14.6 Å². The van der Waals surface area contributed by atoms with E-state index in [1.807, 2.05) is 47.6 Å². The monoisotopic (exact) mass is 497 g/mol. The highest BCUT2D eigenvalue weighted by Crippen LogP contribution is 2.29. The minimum atomic E-state index is 0.776. The van der Waals surface area contributed by atoms with Gasteiger partial charge in [0.2, 0.25) is 0 Å². The van der Waals surface area contributed by atoms with Crippen LogP contribution >= 0.6 is 0 Å². The highest BCUT2D eigenvalue weighted by molar-refractivity contribution is 5.86. The first-order valence-electron chi connectivity index (χ1n) is 12.8. The number of nitrogens with zero attached hydrogens (tertiary/aromatic N) is 3. The summed E-state index contributed by atoms with van der Waals surface area (Å²) in [6, 6.07) is 47.7. The topological polar surface area (TPSA) is 28.1 Å². The van der Waals surface area contributed by atoms with Gasteiger partial charge >= 0.3 is 0 Å². The van der Waals surface area contributed by atoms with E-state index in [2.05, 4.69) is 108 Å². The molecule has 0 saturated heterocycles. The maximum absolute atomic E-state index is 5.84. The van der Waals surface area contributed by atoms with E-state index in [0.29, 0.717) is 0 Å². The normalized spacial score (nSPS) is 10.9. The molecule has 0 amide bonds. The molecule has 5 rings (SSSR count). The molecule has 38 heavy (non-hydrogen) atoms. The summed E-state index contributed by atoms with van der Waals surface area (Å²) in [4.78, 5) is 2.37. The van der Waals surface area contributed by atoms with Crippen LogP contribution in [0.1, 0.15) is 16.7 Å². The molecule has 4 heteroatoms. The summed E-state index contributed by atoms with van der Waals surface area (Å²) < 4.78 is 5.84. The summed E-state index contributed by atoms with van der Waals surface area (Å²) in [5.74, 6) is 0.776. The molecule has 0 aromatic heterocycles. The van der Waals surface area contributed by atoms with Crippen LogP contribution in [0.5, 0.6) is 5.75 Å². The van der Waals surface area contributed by atoms with Gasteiger partial charge in [0.05, 0.1) is 24.7 Å². The predicted octanol–water partition coefficient (Wildman–Crippen LogP) is 8.07. The van der Waals surface area contributed by atoms with Gasteiger partial charge in [-0.1, -0.05) is 97.1 Å². The number of anilines is 3. The van der Waals surface area contributed by atoms with Crippen LogP contribution in [-0.2, 0) is 13.1 Å². The van der Waals surface area contributed by atoms with Gasteiger partial charge in [0.15, 0.2) is 0 Å². The van der Waals surface area contributed by atoms with Gasteiger partial charge in [-0.25, -0.2) is 5.01 Å². The Hall–Kier alpha value is -4.83. The quantitative estimate of drug-likeness (QED) is 0.144. The minimum Gasteiger partial charge on any atom is -0.496 e. The van der Waals surface area contributed by atoms with E-state index in [1.54, 1.807) is 7.11 Å². The van der Waals surface area contributed by atoms with Crippen LogP contribution in [0.15, 0.2) is 145 Å². The molecule has 4 nitrogen and oxygen atoms in total. The molecule has 188 valence electrons. The van der Waals surface area contributed by atoms with Gasteiger partial charge in [0.1, 0.15) is 5.75 Å². The summed E-state index contributed by atoms with van der Waals surface area (Å²) in [5.41, 5.74) is 6.50. The van der Waals surface area contributed by atoms with Gasteiger partial charge in [0, 0.05) is 30.4 Å². The molecule has 0 N–H and O–H groups in total. The van der Waals surface area contributed by atoms with E-state index >= 15 is 0 Å². The van der Waals surface area contributed by atoms with Crippen molar-refractivity contribution in [1.82, 2.24) is 0 Å². The Balaban J connectivity index is 1.46. The van der Waals surface area contributed by atoms with E-state index in [9.17, 15) is 0 Å². The molecule has 0 unspecified atom stereocenters. The Kier molecular flexibility index (Phi) is 8.12. The second-order valence-corrected chi connectivity index (χ2v) is 8.98. The molecule has 0 spiro atoms. The van der Waals surface area contributed by atoms with Crippen molar-refractivity contribution in [2.75, 3.05) is 17.0 Å². The van der Waals surface area contributed by atoms with Gasteiger partial charge in [-0.15, -0.1) is 0 Å². The maximum atomic E-state index is 5.84. The van der Waals surface area contributed by atoms with Crippen LogP contribution in [0.2, 0.25) is 0 Å². The van der Waals surface area contributed by atoms with Gasteiger partial charge in [-0.05, 0) is 47.5 Å².